The second-order valence-corrected chi connectivity index (χ2v) is 6.42. The van der Waals surface area contributed by atoms with E-state index in [-0.39, 0.29) is 5.91 Å². The number of nitrogens with one attached hydrogen (secondary N) is 1. The van der Waals surface area contributed by atoms with Gasteiger partial charge in [-0.25, -0.2) is 9.67 Å². The molecule has 0 radical (unpaired) electrons. The fraction of sp³-hybridized carbons (Fsp3) is 0.278. The van der Waals surface area contributed by atoms with Crippen molar-refractivity contribution in [2.75, 3.05) is 6.54 Å². The fourth-order valence-electron chi connectivity index (χ4n) is 2.40. The summed E-state index contributed by atoms with van der Waals surface area (Å²) in [4.78, 5) is 16.4. The van der Waals surface area contributed by atoms with Crippen LogP contribution in [-0.4, -0.2) is 27.2 Å². The number of rotatable bonds is 7. The summed E-state index contributed by atoms with van der Waals surface area (Å²) < 4.78 is 1.82. The number of aryl methyl sites for hydroxylation is 1. The van der Waals surface area contributed by atoms with Gasteiger partial charge in [0.2, 0.25) is 5.91 Å². The topological polar surface area (TPSA) is 59.8 Å². The van der Waals surface area contributed by atoms with Gasteiger partial charge in [-0.15, -0.1) is 11.3 Å². The van der Waals surface area contributed by atoms with Crippen LogP contribution in [0.3, 0.4) is 0 Å². The number of hydrogen-bond donors (Lipinski definition) is 1. The molecule has 124 valence electrons. The third-order valence-corrected chi connectivity index (χ3v) is 4.73. The molecule has 0 bridgehead atoms. The van der Waals surface area contributed by atoms with E-state index in [1.165, 1.54) is 5.56 Å². The average molecular weight is 340 g/mol. The van der Waals surface area contributed by atoms with Crippen molar-refractivity contribution in [3.63, 3.8) is 0 Å². The van der Waals surface area contributed by atoms with Crippen molar-refractivity contribution in [1.29, 1.82) is 0 Å². The number of carbonyl (C=O) groups is 1. The summed E-state index contributed by atoms with van der Waals surface area (Å²) in [5.41, 5.74) is 3.08. The highest BCUT2D eigenvalue weighted by atomic mass is 32.1. The highest BCUT2D eigenvalue weighted by Crippen LogP contribution is 2.11. The third-order valence-electron chi connectivity index (χ3n) is 3.68. The summed E-state index contributed by atoms with van der Waals surface area (Å²) in [7, 11) is 0. The van der Waals surface area contributed by atoms with Crippen LogP contribution in [0.4, 0.5) is 0 Å². The molecule has 3 rings (SSSR count). The smallest absolute Gasteiger partial charge is 0.226 e. The van der Waals surface area contributed by atoms with Crippen molar-refractivity contribution in [2.45, 2.75) is 26.2 Å². The van der Waals surface area contributed by atoms with Crippen LogP contribution >= 0.6 is 11.3 Å². The number of carbonyl (C=O) groups excluding carboxylic acids is 1. The van der Waals surface area contributed by atoms with E-state index in [1.54, 1.807) is 17.5 Å². The molecule has 0 aliphatic carbocycles. The van der Waals surface area contributed by atoms with E-state index < -0.39 is 0 Å². The molecule has 5 nitrogen and oxygen atoms in total. The first-order valence-corrected chi connectivity index (χ1v) is 8.91. The number of hydrogen-bond acceptors (Lipinski definition) is 4. The standard InChI is InChI=1S/C18H20N4OS/c1-2-18-21-15(13-24-18)12-17(23)19-10-8-14-4-6-16(7-5-14)22-11-3-9-20-22/h3-7,9,11,13H,2,8,10,12H2,1H3,(H,19,23). The first-order chi connectivity index (χ1) is 11.7. The lowest BCUT2D eigenvalue weighted by atomic mass is 10.1. The number of aromatic nitrogens is 3. The molecule has 2 aromatic heterocycles. The largest absolute Gasteiger partial charge is 0.355 e. The number of benzene rings is 1. The Kier molecular flexibility index (Phi) is 5.38. The van der Waals surface area contributed by atoms with E-state index in [0.29, 0.717) is 13.0 Å². The first-order valence-electron chi connectivity index (χ1n) is 8.03. The summed E-state index contributed by atoms with van der Waals surface area (Å²) in [6.07, 6.45) is 5.75. The fourth-order valence-corrected chi connectivity index (χ4v) is 3.15. The lowest BCUT2D eigenvalue weighted by Gasteiger charge is -2.06. The van der Waals surface area contributed by atoms with Crippen LogP contribution < -0.4 is 5.32 Å². The molecule has 0 unspecified atom stereocenters. The molecule has 3 aromatic rings. The third kappa shape index (κ3) is 4.29. The highest BCUT2D eigenvalue weighted by molar-refractivity contribution is 7.09. The van der Waals surface area contributed by atoms with Gasteiger partial charge in [-0.05, 0) is 36.6 Å². The Hall–Kier alpha value is -2.47. The van der Waals surface area contributed by atoms with Crippen LogP contribution in [0.1, 0.15) is 23.2 Å². The predicted molar refractivity (Wildman–Crippen MR) is 95.5 cm³/mol. The van der Waals surface area contributed by atoms with Crippen molar-refractivity contribution in [3.8, 4) is 5.69 Å². The molecule has 2 heterocycles. The summed E-state index contributed by atoms with van der Waals surface area (Å²) in [5, 5.41) is 10.2. The molecule has 0 saturated carbocycles. The molecule has 0 saturated heterocycles. The molecule has 1 aromatic carbocycles. The minimum absolute atomic E-state index is 0.0242. The second kappa shape index (κ2) is 7.88. The molecule has 24 heavy (non-hydrogen) atoms. The van der Waals surface area contributed by atoms with Crippen LogP contribution in [0.15, 0.2) is 48.1 Å². The van der Waals surface area contributed by atoms with E-state index in [2.05, 4.69) is 34.5 Å². The Morgan fingerprint density at radius 3 is 2.79 bits per heavy atom. The van der Waals surface area contributed by atoms with Crippen LogP contribution in [0.2, 0.25) is 0 Å². The molecular weight excluding hydrogens is 320 g/mol. The van der Waals surface area contributed by atoms with Crippen LogP contribution in [-0.2, 0) is 24.1 Å². The second-order valence-electron chi connectivity index (χ2n) is 5.48. The number of nitrogens with zero attached hydrogens (tertiary/aromatic N) is 3. The molecule has 0 fully saturated rings. The van der Waals surface area contributed by atoms with Gasteiger partial charge in [0.15, 0.2) is 0 Å². The van der Waals surface area contributed by atoms with E-state index in [9.17, 15) is 4.79 Å². The normalized spacial score (nSPS) is 10.7. The molecular formula is C18H20N4OS. The van der Waals surface area contributed by atoms with E-state index in [0.717, 1.165) is 29.2 Å². The van der Waals surface area contributed by atoms with E-state index >= 15 is 0 Å². The zero-order valence-electron chi connectivity index (χ0n) is 13.6. The molecule has 6 heteroatoms. The monoisotopic (exact) mass is 340 g/mol. The number of amides is 1. The van der Waals surface area contributed by atoms with Gasteiger partial charge in [0, 0.05) is 24.3 Å². The maximum absolute atomic E-state index is 12.0. The SMILES string of the molecule is CCc1nc(CC(=O)NCCc2ccc(-n3cccn3)cc2)cs1. The average Bonchev–Trinajstić information content (AvgIpc) is 3.27. The molecule has 0 atom stereocenters. The zero-order chi connectivity index (χ0) is 16.8. The first kappa shape index (κ1) is 16.4. The minimum atomic E-state index is 0.0242. The summed E-state index contributed by atoms with van der Waals surface area (Å²) in [6, 6.07) is 10.1. The van der Waals surface area contributed by atoms with Crippen molar-refractivity contribution >= 4 is 17.2 Å². The molecule has 1 N–H and O–H groups in total. The molecule has 0 aliphatic rings. The minimum Gasteiger partial charge on any atom is -0.355 e. The van der Waals surface area contributed by atoms with Gasteiger partial charge in [0.05, 0.1) is 22.8 Å². The maximum Gasteiger partial charge on any atom is 0.226 e. The van der Waals surface area contributed by atoms with Gasteiger partial charge in [0.1, 0.15) is 0 Å². The lowest BCUT2D eigenvalue weighted by Crippen LogP contribution is -2.27. The van der Waals surface area contributed by atoms with Gasteiger partial charge >= 0.3 is 0 Å². The Morgan fingerprint density at radius 1 is 1.29 bits per heavy atom. The van der Waals surface area contributed by atoms with Gasteiger partial charge in [-0.3, -0.25) is 4.79 Å². The Labute approximate surface area is 145 Å². The predicted octanol–water partition coefficient (Wildman–Crippen LogP) is 2.79. The highest BCUT2D eigenvalue weighted by Gasteiger charge is 2.07. The Bertz CT molecular complexity index is 778. The van der Waals surface area contributed by atoms with Crippen LogP contribution in [0.25, 0.3) is 5.69 Å². The van der Waals surface area contributed by atoms with Gasteiger partial charge in [-0.1, -0.05) is 19.1 Å². The molecule has 1 amide bonds. The van der Waals surface area contributed by atoms with Crippen molar-refractivity contribution < 1.29 is 4.79 Å². The van der Waals surface area contributed by atoms with Crippen LogP contribution in [0, 0.1) is 0 Å². The van der Waals surface area contributed by atoms with Gasteiger partial charge < -0.3 is 5.32 Å². The number of thiazole rings is 1. The quantitative estimate of drug-likeness (QED) is 0.719. The van der Waals surface area contributed by atoms with Crippen molar-refractivity contribution in [1.82, 2.24) is 20.1 Å². The van der Waals surface area contributed by atoms with Gasteiger partial charge in [-0.2, -0.15) is 5.10 Å². The Balaban J connectivity index is 1.45. The molecule has 0 spiro atoms. The molecule has 0 aliphatic heterocycles. The van der Waals surface area contributed by atoms with E-state index in [4.69, 9.17) is 0 Å². The van der Waals surface area contributed by atoms with Crippen molar-refractivity contribution in [3.05, 3.63) is 64.4 Å². The van der Waals surface area contributed by atoms with Gasteiger partial charge in [0.25, 0.3) is 0 Å². The summed E-state index contributed by atoms with van der Waals surface area (Å²) in [6.45, 7) is 2.70. The lowest BCUT2D eigenvalue weighted by molar-refractivity contribution is -0.120. The van der Waals surface area contributed by atoms with E-state index in [1.807, 2.05) is 34.5 Å². The summed E-state index contributed by atoms with van der Waals surface area (Å²) in [5.74, 6) is 0.0242. The Morgan fingerprint density at radius 2 is 2.12 bits per heavy atom. The van der Waals surface area contributed by atoms with Crippen LogP contribution in [0.5, 0.6) is 0 Å². The summed E-state index contributed by atoms with van der Waals surface area (Å²) >= 11 is 1.61. The zero-order valence-corrected chi connectivity index (χ0v) is 14.4. The maximum atomic E-state index is 12.0. The van der Waals surface area contributed by atoms with Crippen molar-refractivity contribution in [2.24, 2.45) is 0 Å².